The summed E-state index contributed by atoms with van der Waals surface area (Å²) in [5, 5.41) is 7.54. The van der Waals surface area contributed by atoms with Crippen molar-refractivity contribution < 1.29 is 9.53 Å². The van der Waals surface area contributed by atoms with Crippen molar-refractivity contribution in [2.45, 2.75) is 45.4 Å². The molecule has 0 unspecified atom stereocenters. The van der Waals surface area contributed by atoms with Gasteiger partial charge in [-0.15, -0.1) is 0 Å². The Balaban J connectivity index is 1.41. The molecule has 0 aromatic carbocycles. The van der Waals surface area contributed by atoms with Crippen molar-refractivity contribution in [1.82, 2.24) is 25.0 Å². The maximum atomic E-state index is 12.8. The van der Waals surface area contributed by atoms with Crippen LogP contribution in [0.25, 0.3) is 5.82 Å². The Hall–Kier alpha value is -2.25. The number of fused-ring (bicyclic) bond motifs is 1. The van der Waals surface area contributed by atoms with E-state index in [4.69, 9.17) is 4.74 Å². The van der Waals surface area contributed by atoms with E-state index in [2.05, 4.69) is 34.1 Å². The lowest BCUT2D eigenvalue weighted by molar-refractivity contribution is -0.0683. The second kappa shape index (κ2) is 7.40. The van der Waals surface area contributed by atoms with Crippen molar-refractivity contribution in [1.29, 1.82) is 0 Å². The average molecular weight is 369 g/mol. The van der Waals surface area contributed by atoms with Crippen molar-refractivity contribution in [2.24, 2.45) is 5.92 Å². The van der Waals surface area contributed by atoms with Crippen LogP contribution in [0.1, 0.15) is 36.3 Å². The Morgan fingerprint density at radius 3 is 2.93 bits per heavy atom. The van der Waals surface area contributed by atoms with Crippen LogP contribution in [0.5, 0.6) is 0 Å². The molecule has 0 bridgehead atoms. The van der Waals surface area contributed by atoms with Gasteiger partial charge in [-0.2, -0.15) is 5.10 Å². The average Bonchev–Trinajstić information content (AvgIpc) is 3.24. The van der Waals surface area contributed by atoms with Crippen LogP contribution in [0.4, 0.5) is 0 Å². The Labute approximate surface area is 159 Å². The van der Waals surface area contributed by atoms with E-state index in [1.807, 2.05) is 25.1 Å². The number of morpholine rings is 1. The quantitative estimate of drug-likeness (QED) is 0.890. The van der Waals surface area contributed by atoms with Crippen molar-refractivity contribution in [3.05, 3.63) is 41.9 Å². The van der Waals surface area contributed by atoms with E-state index in [0.717, 1.165) is 31.8 Å². The fourth-order valence-electron chi connectivity index (χ4n) is 4.01. The predicted octanol–water partition coefficient (Wildman–Crippen LogP) is 1.80. The minimum Gasteiger partial charge on any atom is -0.375 e. The van der Waals surface area contributed by atoms with Crippen molar-refractivity contribution in [3.8, 4) is 5.82 Å². The monoisotopic (exact) mass is 369 g/mol. The number of hydrogen-bond acceptors (Lipinski definition) is 5. The summed E-state index contributed by atoms with van der Waals surface area (Å²) in [6.45, 7) is 8.88. The minimum atomic E-state index is -0.0687. The highest BCUT2D eigenvalue weighted by Gasteiger charge is 2.38. The molecule has 4 rings (SSSR count). The number of ether oxygens (including phenoxy) is 1. The van der Waals surface area contributed by atoms with Gasteiger partial charge in [0.25, 0.3) is 5.91 Å². The predicted molar refractivity (Wildman–Crippen MR) is 102 cm³/mol. The van der Waals surface area contributed by atoms with E-state index in [1.165, 1.54) is 0 Å². The summed E-state index contributed by atoms with van der Waals surface area (Å²) >= 11 is 0. The number of amides is 1. The summed E-state index contributed by atoms with van der Waals surface area (Å²) < 4.78 is 7.69. The second-order valence-electron chi connectivity index (χ2n) is 7.87. The first-order valence-corrected chi connectivity index (χ1v) is 9.65. The van der Waals surface area contributed by atoms with Crippen molar-refractivity contribution >= 4 is 5.91 Å². The maximum absolute atomic E-state index is 12.8. The molecule has 7 nitrogen and oxygen atoms in total. The van der Waals surface area contributed by atoms with Crippen LogP contribution in [0, 0.1) is 12.8 Å². The van der Waals surface area contributed by atoms with Crippen molar-refractivity contribution in [3.63, 3.8) is 0 Å². The first kappa shape index (κ1) is 18.1. The number of rotatable bonds is 4. The summed E-state index contributed by atoms with van der Waals surface area (Å²) in [6, 6.07) is 6.20. The van der Waals surface area contributed by atoms with Gasteiger partial charge in [-0.3, -0.25) is 9.69 Å². The molecule has 0 saturated carbocycles. The van der Waals surface area contributed by atoms with E-state index in [1.54, 1.807) is 17.1 Å². The number of pyridine rings is 1. The third-order valence-electron chi connectivity index (χ3n) is 5.64. The number of aromatic nitrogens is 3. The van der Waals surface area contributed by atoms with Gasteiger partial charge in [-0.25, -0.2) is 9.67 Å². The summed E-state index contributed by atoms with van der Waals surface area (Å²) in [5.74, 6) is 1.16. The van der Waals surface area contributed by atoms with Gasteiger partial charge in [0, 0.05) is 31.4 Å². The molecular formula is C20H27N5O2. The lowest BCUT2D eigenvalue weighted by Gasteiger charge is -2.36. The molecule has 7 heteroatoms. The molecule has 4 heterocycles. The molecule has 2 fully saturated rings. The fraction of sp³-hybridized carbons (Fsp3) is 0.550. The zero-order chi connectivity index (χ0) is 19.0. The first-order valence-electron chi connectivity index (χ1n) is 9.65. The number of carbonyl (C=O) groups excluding carboxylic acids is 1. The summed E-state index contributed by atoms with van der Waals surface area (Å²) in [4.78, 5) is 19.6. The molecule has 27 heavy (non-hydrogen) atoms. The third-order valence-corrected chi connectivity index (χ3v) is 5.64. The van der Waals surface area contributed by atoms with E-state index in [9.17, 15) is 4.79 Å². The molecule has 1 N–H and O–H groups in total. The van der Waals surface area contributed by atoms with Gasteiger partial charge < -0.3 is 10.1 Å². The topological polar surface area (TPSA) is 72.3 Å². The normalized spacial score (nSPS) is 25.6. The largest absolute Gasteiger partial charge is 0.375 e. The minimum absolute atomic E-state index is 0.0687. The summed E-state index contributed by atoms with van der Waals surface area (Å²) in [5.41, 5.74) is 1.40. The highest BCUT2D eigenvalue weighted by molar-refractivity contribution is 5.95. The lowest BCUT2D eigenvalue weighted by atomic mass is 10.0. The fourth-order valence-corrected chi connectivity index (χ4v) is 4.01. The maximum Gasteiger partial charge on any atom is 0.255 e. The first-order chi connectivity index (χ1) is 13.0. The standard InChI is InChI=1S/C20H27N5O2/c1-13(2)18-11-24-10-15(8-16(24)12-27-18)23-20(26)17-9-22-25(14(17)3)19-6-4-5-7-21-19/h4-7,9,13,15-16,18H,8,10-12H2,1-3H3,(H,23,26)/t15-,16-,18-/m0/s1. The van der Waals surface area contributed by atoms with Crippen molar-refractivity contribution in [2.75, 3.05) is 19.7 Å². The Bertz CT molecular complexity index is 804. The Kier molecular flexibility index (Phi) is 4.97. The van der Waals surface area contributed by atoms with Crippen LogP contribution in [0.2, 0.25) is 0 Å². The molecule has 1 amide bonds. The molecular weight excluding hydrogens is 342 g/mol. The third kappa shape index (κ3) is 3.61. The smallest absolute Gasteiger partial charge is 0.255 e. The van der Waals surface area contributed by atoms with Crippen LogP contribution in [0.3, 0.4) is 0 Å². The van der Waals surface area contributed by atoms with Crippen LogP contribution in [-0.4, -0.2) is 63.5 Å². The van der Waals surface area contributed by atoms with Gasteiger partial charge in [0.2, 0.25) is 0 Å². The molecule has 0 spiro atoms. The van der Waals surface area contributed by atoms with Gasteiger partial charge in [-0.05, 0) is 31.4 Å². The molecule has 2 aliphatic heterocycles. The highest BCUT2D eigenvalue weighted by Crippen LogP contribution is 2.26. The molecule has 2 aromatic heterocycles. The van der Waals surface area contributed by atoms with E-state index >= 15 is 0 Å². The zero-order valence-corrected chi connectivity index (χ0v) is 16.1. The van der Waals surface area contributed by atoms with Gasteiger partial charge in [0.05, 0.1) is 30.2 Å². The van der Waals surface area contributed by atoms with Crippen LogP contribution >= 0.6 is 0 Å². The Morgan fingerprint density at radius 1 is 1.33 bits per heavy atom. The number of nitrogens with one attached hydrogen (secondary N) is 1. The second-order valence-corrected chi connectivity index (χ2v) is 7.87. The Morgan fingerprint density at radius 2 is 2.19 bits per heavy atom. The molecule has 2 aromatic rings. The molecule has 0 radical (unpaired) electrons. The van der Waals surface area contributed by atoms with Gasteiger partial charge >= 0.3 is 0 Å². The van der Waals surface area contributed by atoms with Crippen LogP contribution < -0.4 is 5.32 Å². The number of nitrogens with zero attached hydrogens (tertiary/aromatic N) is 4. The summed E-state index contributed by atoms with van der Waals surface area (Å²) in [7, 11) is 0. The molecule has 144 valence electrons. The number of hydrogen-bond donors (Lipinski definition) is 1. The molecule has 0 aliphatic carbocycles. The SMILES string of the molecule is Cc1c(C(=O)N[C@H]2C[C@H]3CO[C@H](C(C)C)CN3C2)cnn1-c1ccccn1. The number of carbonyl (C=O) groups is 1. The summed E-state index contributed by atoms with van der Waals surface area (Å²) in [6.07, 6.45) is 4.57. The lowest BCUT2D eigenvalue weighted by Crippen LogP contribution is -2.48. The van der Waals surface area contributed by atoms with Crippen LogP contribution in [0.15, 0.2) is 30.6 Å². The van der Waals surface area contributed by atoms with E-state index < -0.39 is 0 Å². The van der Waals surface area contributed by atoms with Gasteiger partial charge in [0.1, 0.15) is 0 Å². The molecule has 2 saturated heterocycles. The van der Waals surface area contributed by atoms with Crippen LogP contribution in [-0.2, 0) is 4.74 Å². The highest BCUT2D eigenvalue weighted by atomic mass is 16.5. The molecule has 2 aliphatic rings. The van der Waals surface area contributed by atoms with Gasteiger partial charge in [-0.1, -0.05) is 19.9 Å². The van der Waals surface area contributed by atoms with E-state index in [0.29, 0.717) is 23.3 Å². The molecule has 3 atom stereocenters. The van der Waals surface area contributed by atoms with Gasteiger partial charge in [0.15, 0.2) is 5.82 Å². The van der Waals surface area contributed by atoms with E-state index in [-0.39, 0.29) is 18.1 Å². The zero-order valence-electron chi connectivity index (χ0n) is 16.1.